The smallest absolute Gasteiger partial charge is 0.307 e. The number of aliphatic carboxylic acids is 1. The van der Waals surface area contributed by atoms with Gasteiger partial charge in [0.15, 0.2) is 0 Å². The maximum absolute atomic E-state index is 13.4. The standard InChI is InChI=1S/C26H33NO4S/c1-17-9-11-20(12-10-17)26-19(3)22-13-14-27(32(30,31)21-7-5-4-6-8-21)16-24(22)18(2)23(26)15-25(28)29/h9-12,21H,4-8,13-16H2,1-3H3,(H,28,29). The van der Waals surface area contributed by atoms with E-state index >= 15 is 0 Å². The number of carboxylic acid groups (broad SMARTS) is 1. The summed E-state index contributed by atoms with van der Waals surface area (Å²) in [4.78, 5) is 11.8. The number of rotatable bonds is 5. The number of hydrogen-bond donors (Lipinski definition) is 1. The zero-order valence-corrected chi connectivity index (χ0v) is 20.1. The number of fused-ring (bicyclic) bond motifs is 1. The van der Waals surface area contributed by atoms with Gasteiger partial charge in [-0.2, -0.15) is 4.31 Å². The van der Waals surface area contributed by atoms with E-state index in [1.165, 1.54) is 5.56 Å². The van der Waals surface area contributed by atoms with Gasteiger partial charge in [-0.25, -0.2) is 8.42 Å². The van der Waals surface area contributed by atoms with Crippen LogP contribution in [0, 0.1) is 20.8 Å². The first-order valence-corrected chi connectivity index (χ1v) is 13.1. The number of carboxylic acids is 1. The molecule has 1 saturated carbocycles. The van der Waals surface area contributed by atoms with Gasteiger partial charge < -0.3 is 5.11 Å². The zero-order chi connectivity index (χ0) is 23.0. The zero-order valence-electron chi connectivity index (χ0n) is 19.3. The Morgan fingerprint density at radius 2 is 1.66 bits per heavy atom. The monoisotopic (exact) mass is 455 g/mol. The lowest BCUT2D eigenvalue weighted by Gasteiger charge is -2.35. The highest BCUT2D eigenvalue weighted by Gasteiger charge is 2.36. The second kappa shape index (κ2) is 8.99. The highest BCUT2D eigenvalue weighted by Crippen LogP contribution is 2.39. The van der Waals surface area contributed by atoms with Crippen LogP contribution in [0.2, 0.25) is 0 Å². The van der Waals surface area contributed by atoms with Crippen molar-refractivity contribution in [2.24, 2.45) is 0 Å². The van der Waals surface area contributed by atoms with Gasteiger partial charge >= 0.3 is 5.97 Å². The Labute approximate surface area is 191 Å². The Morgan fingerprint density at radius 3 is 2.28 bits per heavy atom. The molecule has 1 fully saturated rings. The van der Waals surface area contributed by atoms with E-state index in [9.17, 15) is 18.3 Å². The van der Waals surface area contributed by atoms with Crippen LogP contribution in [0.15, 0.2) is 24.3 Å². The van der Waals surface area contributed by atoms with Crippen molar-refractivity contribution in [1.82, 2.24) is 4.31 Å². The fourth-order valence-corrected chi connectivity index (χ4v) is 7.52. The van der Waals surface area contributed by atoms with Gasteiger partial charge in [0.25, 0.3) is 0 Å². The fourth-order valence-electron chi connectivity index (χ4n) is 5.52. The van der Waals surface area contributed by atoms with Crippen molar-refractivity contribution in [3.63, 3.8) is 0 Å². The number of aryl methyl sites for hydroxylation is 1. The molecular formula is C26H33NO4S. The van der Waals surface area contributed by atoms with Gasteiger partial charge in [-0.05, 0) is 79.0 Å². The summed E-state index contributed by atoms with van der Waals surface area (Å²) in [5.41, 5.74) is 8.16. The number of sulfonamides is 1. The van der Waals surface area contributed by atoms with Gasteiger partial charge in [0, 0.05) is 13.1 Å². The molecule has 2 aromatic carbocycles. The van der Waals surface area contributed by atoms with Crippen LogP contribution in [0.1, 0.15) is 65.5 Å². The summed E-state index contributed by atoms with van der Waals surface area (Å²) in [6, 6.07) is 8.20. The third-order valence-corrected chi connectivity index (χ3v) is 9.69. The molecule has 1 N–H and O–H groups in total. The van der Waals surface area contributed by atoms with Crippen LogP contribution in [-0.2, 0) is 34.2 Å². The molecule has 1 aliphatic heterocycles. The van der Waals surface area contributed by atoms with Crippen molar-refractivity contribution in [3.05, 3.63) is 57.6 Å². The van der Waals surface area contributed by atoms with Crippen molar-refractivity contribution < 1.29 is 18.3 Å². The van der Waals surface area contributed by atoms with Gasteiger partial charge in [0.05, 0.1) is 11.7 Å². The van der Waals surface area contributed by atoms with Crippen LogP contribution < -0.4 is 0 Å². The average Bonchev–Trinajstić information content (AvgIpc) is 2.78. The van der Waals surface area contributed by atoms with E-state index in [1.54, 1.807) is 4.31 Å². The van der Waals surface area contributed by atoms with Gasteiger partial charge in [0.2, 0.25) is 10.0 Å². The van der Waals surface area contributed by atoms with Crippen LogP contribution in [-0.4, -0.2) is 35.6 Å². The Hall–Kier alpha value is -2.18. The van der Waals surface area contributed by atoms with Crippen LogP contribution in [0.5, 0.6) is 0 Å². The Bertz CT molecular complexity index is 1130. The molecule has 0 saturated heterocycles. The summed E-state index contributed by atoms with van der Waals surface area (Å²) in [6.45, 7) is 6.91. The predicted molar refractivity (Wildman–Crippen MR) is 127 cm³/mol. The molecule has 1 aliphatic carbocycles. The lowest BCUT2D eigenvalue weighted by molar-refractivity contribution is -0.136. The first-order valence-electron chi connectivity index (χ1n) is 11.6. The minimum absolute atomic E-state index is 0.0709. The van der Waals surface area contributed by atoms with E-state index < -0.39 is 16.0 Å². The Morgan fingerprint density at radius 1 is 1.00 bits per heavy atom. The summed E-state index contributed by atoms with van der Waals surface area (Å²) < 4.78 is 28.4. The molecule has 4 rings (SSSR count). The predicted octanol–water partition coefficient (Wildman–Crippen LogP) is 4.93. The number of nitrogens with zero attached hydrogens (tertiary/aromatic N) is 1. The maximum Gasteiger partial charge on any atom is 0.307 e. The van der Waals surface area contributed by atoms with Crippen molar-refractivity contribution in [1.29, 1.82) is 0 Å². The van der Waals surface area contributed by atoms with Crippen LogP contribution in [0.3, 0.4) is 0 Å². The highest BCUT2D eigenvalue weighted by atomic mass is 32.2. The van der Waals surface area contributed by atoms with Crippen LogP contribution in [0.4, 0.5) is 0 Å². The summed E-state index contributed by atoms with van der Waals surface area (Å²) in [5, 5.41) is 9.37. The van der Waals surface area contributed by atoms with Crippen molar-refractivity contribution in [2.45, 2.75) is 77.5 Å². The molecule has 1 heterocycles. The van der Waals surface area contributed by atoms with Crippen LogP contribution in [0.25, 0.3) is 11.1 Å². The van der Waals surface area contributed by atoms with E-state index in [0.717, 1.165) is 71.0 Å². The summed E-state index contributed by atoms with van der Waals surface area (Å²) >= 11 is 0. The normalized spacial score (nSPS) is 17.8. The number of carbonyl (C=O) groups is 1. The number of benzene rings is 2. The molecule has 32 heavy (non-hydrogen) atoms. The van der Waals surface area contributed by atoms with Gasteiger partial charge in [0.1, 0.15) is 0 Å². The average molecular weight is 456 g/mol. The Kier molecular flexibility index (Phi) is 6.46. The van der Waals surface area contributed by atoms with E-state index in [4.69, 9.17) is 0 Å². The maximum atomic E-state index is 13.4. The molecule has 0 spiro atoms. The van der Waals surface area contributed by atoms with Crippen molar-refractivity contribution in [3.8, 4) is 11.1 Å². The molecule has 0 bridgehead atoms. The van der Waals surface area contributed by atoms with E-state index in [1.807, 2.05) is 26.0 Å². The topological polar surface area (TPSA) is 74.7 Å². The second-order valence-corrected chi connectivity index (χ2v) is 11.6. The largest absolute Gasteiger partial charge is 0.481 e. The molecule has 0 atom stereocenters. The third kappa shape index (κ3) is 4.23. The minimum atomic E-state index is -3.34. The molecular weight excluding hydrogens is 422 g/mol. The fraction of sp³-hybridized carbons (Fsp3) is 0.500. The summed E-state index contributed by atoms with van der Waals surface area (Å²) in [7, 11) is -3.34. The molecule has 172 valence electrons. The van der Waals surface area contributed by atoms with E-state index in [2.05, 4.69) is 19.1 Å². The van der Waals surface area contributed by atoms with Crippen molar-refractivity contribution >= 4 is 16.0 Å². The molecule has 0 amide bonds. The van der Waals surface area contributed by atoms with Crippen LogP contribution >= 0.6 is 0 Å². The first-order chi connectivity index (χ1) is 15.2. The summed E-state index contributed by atoms with van der Waals surface area (Å²) in [5.74, 6) is -0.872. The van der Waals surface area contributed by atoms with Crippen molar-refractivity contribution in [2.75, 3.05) is 6.54 Å². The first kappa shape index (κ1) is 23.0. The minimum Gasteiger partial charge on any atom is -0.481 e. The molecule has 0 radical (unpaired) electrons. The Balaban J connectivity index is 1.79. The lowest BCUT2D eigenvalue weighted by Crippen LogP contribution is -2.43. The second-order valence-electron chi connectivity index (χ2n) is 9.39. The van der Waals surface area contributed by atoms with Gasteiger partial charge in [-0.3, -0.25) is 4.79 Å². The molecule has 2 aromatic rings. The van der Waals surface area contributed by atoms with Gasteiger partial charge in [-0.15, -0.1) is 0 Å². The molecule has 2 aliphatic rings. The number of hydrogen-bond acceptors (Lipinski definition) is 3. The molecule has 5 nitrogen and oxygen atoms in total. The highest BCUT2D eigenvalue weighted by molar-refractivity contribution is 7.89. The van der Waals surface area contributed by atoms with E-state index in [-0.39, 0.29) is 11.7 Å². The quantitative estimate of drug-likeness (QED) is 0.694. The lowest BCUT2D eigenvalue weighted by atomic mass is 9.81. The molecule has 0 unspecified atom stereocenters. The third-order valence-electron chi connectivity index (χ3n) is 7.35. The SMILES string of the molecule is Cc1ccc(-c2c(C)c3c(c(C)c2CC(=O)O)CN(S(=O)(=O)C2CCCCC2)CC3)cc1. The molecule has 6 heteroatoms. The van der Waals surface area contributed by atoms with E-state index in [0.29, 0.717) is 19.5 Å². The summed E-state index contributed by atoms with van der Waals surface area (Å²) in [6.07, 6.45) is 5.18. The molecule has 0 aromatic heterocycles. The van der Waals surface area contributed by atoms with Gasteiger partial charge in [-0.1, -0.05) is 49.1 Å².